The Morgan fingerprint density at radius 1 is 0.829 bits per heavy atom. The number of benzene rings is 3. The van der Waals surface area contributed by atoms with Crippen molar-refractivity contribution in [2.24, 2.45) is 11.8 Å². The maximum absolute atomic E-state index is 13.9. The van der Waals surface area contributed by atoms with Crippen LogP contribution in [0.2, 0.25) is 5.02 Å². The summed E-state index contributed by atoms with van der Waals surface area (Å²) in [4.78, 5) is 42.6. The van der Waals surface area contributed by atoms with Crippen LogP contribution in [0.5, 0.6) is 0 Å². The molecule has 6 nitrogen and oxygen atoms in total. The second-order valence-electron chi connectivity index (χ2n) is 9.43. The predicted molar refractivity (Wildman–Crippen MR) is 133 cm³/mol. The Morgan fingerprint density at radius 2 is 1.51 bits per heavy atom. The van der Waals surface area contributed by atoms with Crippen molar-refractivity contribution in [3.05, 3.63) is 101 Å². The van der Waals surface area contributed by atoms with Crippen molar-refractivity contribution in [3.8, 4) is 0 Å². The summed E-state index contributed by atoms with van der Waals surface area (Å²) >= 11 is 6.41. The lowest BCUT2D eigenvalue weighted by atomic mass is 9.76. The average Bonchev–Trinajstić information content (AvgIpc) is 3.45. The first-order valence-corrected chi connectivity index (χ1v) is 12.2. The van der Waals surface area contributed by atoms with Gasteiger partial charge in [0, 0.05) is 18.2 Å². The van der Waals surface area contributed by atoms with Gasteiger partial charge in [0.15, 0.2) is 0 Å². The number of fused-ring (bicyclic) bond motifs is 4. The lowest BCUT2D eigenvalue weighted by molar-refractivity contribution is -0.142. The van der Waals surface area contributed by atoms with E-state index in [1.807, 2.05) is 66.7 Å². The van der Waals surface area contributed by atoms with E-state index >= 15 is 0 Å². The van der Waals surface area contributed by atoms with Crippen LogP contribution in [0.15, 0.2) is 78.9 Å². The molecule has 2 N–H and O–H groups in total. The number of imide groups is 1. The van der Waals surface area contributed by atoms with Gasteiger partial charge in [0.2, 0.25) is 17.7 Å². The minimum atomic E-state index is -1.33. The Labute approximate surface area is 208 Å². The van der Waals surface area contributed by atoms with Gasteiger partial charge in [-0.15, -0.1) is 0 Å². The van der Waals surface area contributed by atoms with E-state index in [0.717, 1.165) is 11.1 Å². The fraction of sp³-hybridized carbons (Fsp3) is 0.250. The predicted octanol–water partition coefficient (Wildman–Crippen LogP) is 3.55. The Balaban J connectivity index is 1.41. The maximum Gasteiger partial charge on any atom is 0.250 e. The molecule has 3 aromatic carbocycles. The molecule has 0 aliphatic carbocycles. The van der Waals surface area contributed by atoms with Crippen molar-refractivity contribution in [1.29, 1.82) is 0 Å². The molecular weight excluding hydrogens is 462 g/mol. The minimum absolute atomic E-state index is 0.218. The molecule has 35 heavy (non-hydrogen) atoms. The van der Waals surface area contributed by atoms with Crippen molar-refractivity contribution >= 4 is 35.0 Å². The highest BCUT2D eigenvalue weighted by Crippen LogP contribution is 2.54. The van der Waals surface area contributed by atoms with E-state index in [4.69, 9.17) is 11.6 Å². The van der Waals surface area contributed by atoms with E-state index in [1.165, 1.54) is 4.90 Å². The molecule has 3 aliphatic heterocycles. The number of para-hydroxylation sites is 1. The van der Waals surface area contributed by atoms with Gasteiger partial charge >= 0.3 is 0 Å². The van der Waals surface area contributed by atoms with Crippen LogP contribution in [0, 0.1) is 11.8 Å². The second kappa shape index (κ2) is 8.33. The van der Waals surface area contributed by atoms with Crippen molar-refractivity contribution < 1.29 is 14.4 Å². The number of likely N-dealkylation sites (tertiary alicyclic amines) is 1. The van der Waals surface area contributed by atoms with Crippen LogP contribution < -0.4 is 10.6 Å². The summed E-state index contributed by atoms with van der Waals surface area (Å²) in [7, 11) is 0. The van der Waals surface area contributed by atoms with E-state index < -0.39 is 17.4 Å². The highest BCUT2D eigenvalue weighted by molar-refractivity contribution is 6.35. The molecule has 176 valence electrons. The number of rotatable bonds is 5. The second-order valence-corrected chi connectivity index (χ2v) is 9.84. The summed E-state index contributed by atoms with van der Waals surface area (Å²) in [5, 5.41) is 6.77. The number of halogens is 1. The Morgan fingerprint density at radius 3 is 2.23 bits per heavy atom. The third-order valence-corrected chi connectivity index (χ3v) is 7.87. The van der Waals surface area contributed by atoms with Crippen molar-refractivity contribution in [1.82, 2.24) is 10.2 Å². The fourth-order valence-corrected chi connectivity index (χ4v) is 6.22. The van der Waals surface area contributed by atoms with Crippen LogP contribution in [0.3, 0.4) is 0 Å². The lowest BCUT2D eigenvalue weighted by Crippen LogP contribution is -2.53. The van der Waals surface area contributed by atoms with Crippen molar-refractivity contribution in [2.75, 3.05) is 11.9 Å². The van der Waals surface area contributed by atoms with Crippen molar-refractivity contribution in [2.45, 2.75) is 24.4 Å². The number of anilines is 1. The van der Waals surface area contributed by atoms with Gasteiger partial charge in [0.05, 0.1) is 22.5 Å². The SMILES string of the molecule is O=C1[C@@H]2[C@@H](C(=O)N1CCc1ccccc1)[C@]1(N[C@@H]2Cc2ccccc2)C(=O)Nc2c(Cl)cccc21. The van der Waals surface area contributed by atoms with Crippen LogP contribution in [0.1, 0.15) is 16.7 Å². The van der Waals surface area contributed by atoms with E-state index in [-0.39, 0.29) is 30.3 Å². The highest BCUT2D eigenvalue weighted by atomic mass is 35.5. The molecule has 2 saturated heterocycles. The molecule has 7 heteroatoms. The Bertz CT molecular complexity index is 1330. The number of hydrogen-bond acceptors (Lipinski definition) is 4. The molecule has 4 atom stereocenters. The molecule has 3 heterocycles. The molecule has 3 aromatic rings. The highest BCUT2D eigenvalue weighted by Gasteiger charge is 2.70. The van der Waals surface area contributed by atoms with Crippen LogP contribution in [0.4, 0.5) is 5.69 Å². The number of carbonyl (C=O) groups is 3. The third kappa shape index (κ3) is 3.32. The fourth-order valence-electron chi connectivity index (χ4n) is 6.00. The average molecular weight is 486 g/mol. The standard InChI is InChI=1S/C28H24ClN3O3/c29-20-13-7-12-19-24(20)30-27(35)28(19)23-22(21(31-28)16-18-10-5-2-6-11-18)25(33)32(26(23)34)15-14-17-8-3-1-4-9-17/h1-13,21-23,31H,14-16H2,(H,30,35)/t21-,22+,23+,28+/m1/s1. The van der Waals surface area contributed by atoms with Gasteiger partial charge in [-0.05, 0) is 30.0 Å². The minimum Gasteiger partial charge on any atom is -0.323 e. The quantitative estimate of drug-likeness (QED) is 0.542. The van der Waals surface area contributed by atoms with E-state index in [0.29, 0.717) is 29.1 Å². The molecule has 0 radical (unpaired) electrons. The first-order valence-electron chi connectivity index (χ1n) is 11.8. The first-order chi connectivity index (χ1) is 17.0. The van der Waals surface area contributed by atoms with Gasteiger partial charge in [0.25, 0.3) is 0 Å². The van der Waals surface area contributed by atoms with E-state index in [2.05, 4.69) is 10.6 Å². The number of carbonyl (C=O) groups excluding carboxylic acids is 3. The van der Waals surface area contributed by atoms with Crippen LogP contribution in [0.25, 0.3) is 0 Å². The lowest BCUT2D eigenvalue weighted by Gasteiger charge is -2.29. The molecule has 3 aliphatic rings. The molecule has 0 unspecified atom stereocenters. The number of nitrogens with zero attached hydrogens (tertiary/aromatic N) is 1. The zero-order valence-corrected chi connectivity index (χ0v) is 19.7. The summed E-state index contributed by atoms with van der Waals surface area (Å²) in [5.41, 5.74) is 1.89. The summed E-state index contributed by atoms with van der Waals surface area (Å²) in [6, 6.07) is 24.5. The molecule has 6 rings (SSSR count). The van der Waals surface area contributed by atoms with Gasteiger partial charge < -0.3 is 5.32 Å². The number of nitrogens with one attached hydrogen (secondary N) is 2. The maximum atomic E-state index is 13.9. The van der Waals surface area contributed by atoms with Crippen LogP contribution in [-0.4, -0.2) is 35.2 Å². The molecule has 3 amide bonds. The number of hydrogen-bond donors (Lipinski definition) is 2. The summed E-state index contributed by atoms with van der Waals surface area (Å²) in [5.74, 6) is -2.34. The van der Waals surface area contributed by atoms with E-state index in [1.54, 1.807) is 12.1 Å². The largest absolute Gasteiger partial charge is 0.323 e. The molecule has 0 aromatic heterocycles. The van der Waals surface area contributed by atoms with Crippen LogP contribution >= 0.6 is 11.6 Å². The molecular formula is C28H24ClN3O3. The summed E-state index contributed by atoms with van der Waals surface area (Å²) in [6.07, 6.45) is 1.09. The summed E-state index contributed by atoms with van der Waals surface area (Å²) < 4.78 is 0. The first kappa shape index (κ1) is 22.0. The zero-order chi connectivity index (χ0) is 24.2. The summed E-state index contributed by atoms with van der Waals surface area (Å²) in [6.45, 7) is 0.285. The van der Waals surface area contributed by atoms with Crippen molar-refractivity contribution in [3.63, 3.8) is 0 Å². The van der Waals surface area contributed by atoms with E-state index in [9.17, 15) is 14.4 Å². The van der Waals surface area contributed by atoms with Gasteiger partial charge in [-0.1, -0.05) is 84.4 Å². The third-order valence-electron chi connectivity index (χ3n) is 7.56. The van der Waals surface area contributed by atoms with Gasteiger partial charge in [-0.2, -0.15) is 0 Å². The molecule has 2 fully saturated rings. The molecule has 0 saturated carbocycles. The monoisotopic (exact) mass is 485 g/mol. The normalized spacial score (nSPS) is 26.8. The Hall–Kier alpha value is -3.48. The van der Waals surface area contributed by atoms with Gasteiger partial charge in [-0.3, -0.25) is 24.6 Å². The topological polar surface area (TPSA) is 78.5 Å². The molecule has 0 bridgehead atoms. The van der Waals surface area contributed by atoms with Gasteiger partial charge in [0.1, 0.15) is 5.54 Å². The van der Waals surface area contributed by atoms with Crippen LogP contribution in [-0.2, 0) is 32.8 Å². The number of amides is 3. The van der Waals surface area contributed by atoms with Gasteiger partial charge in [-0.25, -0.2) is 0 Å². The Kier molecular flexibility index (Phi) is 5.24. The molecule has 1 spiro atoms. The zero-order valence-electron chi connectivity index (χ0n) is 18.9. The smallest absolute Gasteiger partial charge is 0.250 e.